The van der Waals surface area contributed by atoms with Gasteiger partial charge in [0.15, 0.2) is 0 Å². The zero-order chi connectivity index (χ0) is 68.3. The molecule has 1 atom stereocenters. The normalized spacial score (nSPS) is 15.1. The molecule has 2 spiro atoms. The second kappa shape index (κ2) is 24.0. The topological polar surface area (TPSA) is 34.0 Å². The van der Waals surface area contributed by atoms with Gasteiger partial charge in [-0.05, 0) is 213 Å². The lowest BCUT2D eigenvalue weighted by Crippen LogP contribution is -2.25. The SMILES string of the molecule is C=C\C=C/C=C/C(C=C)=C/C=C/N(c1ccc(C2C=CC=CC2)cc1)c1ccc(-c2ccc(-n3c4ccc(-c5ccc6c(c5)C5(c7ccccc7-c7ccccc75)c5ccccc5-6)cc4c4cc(-c5ccc6c(c5)C5(c7ccccc7-c7ccccc75)c5ccccc5-6)ccc43)cc2)c2nsnc12. The summed E-state index contributed by atoms with van der Waals surface area (Å²) in [6.07, 6.45) is 27.6. The molecule has 484 valence electrons. The third-order valence-electron chi connectivity index (χ3n) is 22.5. The van der Waals surface area contributed by atoms with E-state index in [1.54, 1.807) is 6.08 Å². The molecule has 1 unspecified atom stereocenters. The Balaban J connectivity index is 0.724. The molecule has 0 fully saturated rings. The van der Waals surface area contributed by atoms with E-state index in [1.165, 1.54) is 139 Å². The van der Waals surface area contributed by atoms with Gasteiger partial charge in [-0.25, -0.2) is 0 Å². The van der Waals surface area contributed by atoms with Crippen LogP contribution in [0.1, 0.15) is 62.4 Å². The predicted molar refractivity (Wildman–Crippen MR) is 431 cm³/mol. The highest BCUT2D eigenvalue weighted by Crippen LogP contribution is 2.65. The van der Waals surface area contributed by atoms with Crippen LogP contribution in [0, 0.1) is 0 Å². The van der Waals surface area contributed by atoms with Crippen molar-refractivity contribution in [3.05, 3.63) is 427 Å². The van der Waals surface area contributed by atoms with Crippen LogP contribution in [0.2, 0.25) is 0 Å². The average Bonchev–Trinajstić information content (AvgIpc) is 1.52. The number of aromatic nitrogens is 3. The van der Waals surface area contributed by atoms with Crippen LogP contribution >= 0.6 is 11.7 Å². The van der Waals surface area contributed by atoms with Crippen molar-refractivity contribution in [1.29, 1.82) is 0 Å². The van der Waals surface area contributed by atoms with E-state index in [2.05, 4.69) is 344 Å². The molecular formula is C98H66N4S. The van der Waals surface area contributed by atoms with Crippen LogP contribution in [0.15, 0.2) is 377 Å². The van der Waals surface area contributed by atoms with Gasteiger partial charge in [-0.1, -0.05) is 286 Å². The number of nitrogens with zero attached hydrogens (tertiary/aromatic N) is 4. The van der Waals surface area contributed by atoms with E-state index in [9.17, 15) is 0 Å². The van der Waals surface area contributed by atoms with Crippen LogP contribution in [0.3, 0.4) is 0 Å². The van der Waals surface area contributed by atoms with Crippen molar-refractivity contribution in [2.75, 3.05) is 4.90 Å². The quantitative estimate of drug-likeness (QED) is 0.108. The summed E-state index contributed by atoms with van der Waals surface area (Å²) in [7, 11) is 0. The molecule has 0 saturated carbocycles. The van der Waals surface area contributed by atoms with Gasteiger partial charge < -0.3 is 9.47 Å². The zero-order valence-electron chi connectivity index (χ0n) is 56.5. The maximum atomic E-state index is 5.05. The van der Waals surface area contributed by atoms with Gasteiger partial charge >= 0.3 is 0 Å². The smallest absolute Gasteiger partial charge is 0.129 e. The van der Waals surface area contributed by atoms with Crippen molar-refractivity contribution < 1.29 is 0 Å². The third-order valence-corrected chi connectivity index (χ3v) is 23.0. The molecule has 0 radical (unpaired) electrons. The molecule has 2 heterocycles. The standard InChI is InChI=1S/C98H66N4S/c1-3-5-6-8-24-63(4-2)25-23-58-101(71-48-40-65(41-49-71)64-26-9-7-10-27-64)94-57-54-73(95-96(94)100-103-99-95)66-42-50-72(51-43-66)102-92-55-46-67(69-44-52-80-78-32-15-21-38-88(78)97(90(80)61-69)84-34-17-11-28-74(84)75-29-12-18-35-85(75)97)59-82(92)83-60-68(47-56-93(83)102)70-45-53-81-79-33-16-22-39-89(79)98(91(81)62-70)86-36-19-13-30-76(86)77-31-14-20-37-87(77)98/h3-26,28-62,64H,1-2,27H2/b6-5-,24-8+,58-23+,63-25+. The molecule has 5 aliphatic rings. The molecule has 5 heteroatoms. The molecule has 0 amide bonds. The number of fused-ring (bicyclic) bond motifs is 24. The van der Waals surface area contributed by atoms with Crippen LogP contribution in [0.25, 0.3) is 116 Å². The Labute approximate surface area is 603 Å². The first-order valence-corrected chi connectivity index (χ1v) is 36.3. The second-order valence-corrected chi connectivity index (χ2v) is 28.1. The summed E-state index contributed by atoms with van der Waals surface area (Å²) in [6.45, 7) is 7.91. The maximum absolute atomic E-state index is 5.05. The Kier molecular flexibility index (Phi) is 14.0. The molecule has 20 rings (SSSR count). The monoisotopic (exact) mass is 1330 g/mol. The van der Waals surface area contributed by atoms with Crippen LogP contribution in [-0.2, 0) is 10.8 Å². The lowest BCUT2D eigenvalue weighted by molar-refractivity contribution is 0.794. The van der Waals surface area contributed by atoms with Gasteiger partial charge in [0, 0.05) is 39.8 Å². The molecule has 0 aliphatic heterocycles. The highest BCUT2D eigenvalue weighted by atomic mass is 32.1. The highest BCUT2D eigenvalue weighted by molar-refractivity contribution is 7.00. The number of rotatable bonds is 13. The van der Waals surface area contributed by atoms with E-state index in [1.807, 2.05) is 30.4 Å². The van der Waals surface area contributed by atoms with E-state index in [4.69, 9.17) is 8.75 Å². The lowest BCUT2D eigenvalue weighted by Gasteiger charge is -2.30. The molecule has 13 aromatic carbocycles. The molecule has 0 bridgehead atoms. The summed E-state index contributed by atoms with van der Waals surface area (Å²) >= 11 is 1.25. The molecule has 2 aromatic heterocycles. The third kappa shape index (κ3) is 9.02. The minimum atomic E-state index is -0.455. The summed E-state index contributed by atoms with van der Waals surface area (Å²) in [6, 6.07) is 106. The molecule has 4 nitrogen and oxygen atoms in total. The molecule has 5 aliphatic carbocycles. The van der Waals surface area contributed by atoms with Gasteiger partial charge in [0.05, 0.1) is 39.3 Å². The van der Waals surface area contributed by atoms with Crippen molar-refractivity contribution in [3.8, 4) is 83.6 Å². The van der Waals surface area contributed by atoms with Crippen LogP contribution in [-0.4, -0.2) is 13.3 Å². The van der Waals surface area contributed by atoms with Gasteiger partial charge in [0.1, 0.15) is 11.0 Å². The second-order valence-electron chi connectivity index (χ2n) is 27.5. The first-order valence-electron chi connectivity index (χ1n) is 35.5. The minimum Gasteiger partial charge on any atom is -0.315 e. The van der Waals surface area contributed by atoms with Crippen molar-refractivity contribution >= 4 is 55.9 Å². The Hall–Kier alpha value is -12.8. The fraction of sp³-hybridized carbons (Fsp3) is 0.0408. The van der Waals surface area contributed by atoms with Gasteiger partial charge in [-0.2, -0.15) is 8.75 Å². The van der Waals surface area contributed by atoms with Crippen molar-refractivity contribution in [2.45, 2.75) is 23.2 Å². The van der Waals surface area contributed by atoms with Crippen molar-refractivity contribution in [3.63, 3.8) is 0 Å². The van der Waals surface area contributed by atoms with Gasteiger partial charge in [-0.15, -0.1) is 0 Å². The summed E-state index contributed by atoms with van der Waals surface area (Å²) < 4.78 is 12.6. The Morgan fingerprint density at radius 1 is 0.417 bits per heavy atom. The highest BCUT2D eigenvalue weighted by Gasteiger charge is 2.53. The molecule has 15 aromatic rings. The van der Waals surface area contributed by atoms with Crippen LogP contribution in [0.4, 0.5) is 11.4 Å². The largest absolute Gasteiger partial charge is 0.315 e. The van der Waals surface area contributed by atoms with Gasteiger partial charge in [0.25, 0.3) is 0 Å². The number of allylic oxidation sites excluding steroid dienone is 13. The summed E-state index contributed by atoms with van der Waals surface area (Å²) in [5, 5.41) is 2.38. The van der Waals surface area contributed by atoms with Crippen LogP contribution < -0.4 is 4.90 Å². The van der Waals surface area contributed by atoms with E-state index < -0.39 is 10.8 Å². The first kappa shape index (κ1) is 60.2. The summed E-state index contributed by atoms with van der Waals surface area (Å²) in [5.74, 6) is 0.341. The first-order chi connectivity index (χ1) is 51.0. The van der Waals surface area contributed by atoms with Gasteiger partial charge in [0.2, 0.25) is 0 Å². The molecule has 103 heavy (non-hydrogen) atoms. The average molecular weight is 1330 g/mol. The number of benzene rings is 13. The fourth-order valence-corrected chi connectivity index (χ4v) is 18.6. The van der Waals surface area contributed by atoms with Crippen molar-refractivity contribution in [1.82, 2.24) is 13.3 Å². The van der Waals surface area contributed by atoms with E-state index in [-0.39, 0.29) is 0 Å². The Morgan fingerprint density at radius 3 is 1.36 bits per heavy atom. The van der Waals surface area contributed by atoms with Crippen LogP contribution in [0.5, 0.6) is 0 Å². The van der Waals surface area contributed by atoms with E-state index in [0.717, 1.165) is 62.2 Å². The molecule has 0 saturated heterocycles. The predicted octanol–water partition coefficient (Wildman–Crippen LogP) is 25.1. The number of anilines is 2. The number of hydrogen-bond acceptors (Lipinski definition) is 4. The lowest BCUT2D eigenvalue weighted by atomic mass is 9.70. The Morgan fingerprint density at radius 2 is 0.874 bits per heavy atom. The van der Waals surface area contributed by atoms with Gasteiger partial charge in [-0.3, -0.25) is 0 Å². The summed E-state index contributed by atoms with van der Waals surface area (Å²) in [4.78, 5) is 2.22. The van der Waals surface area contributed by atoms with E-state index in [0.29, 0.717) is 5.92 Å². The van der Waals surface area contributed by atoms with E-state index >= 15 is 0 Å². The summed E-state index contributed by atoms with van der Waals surface area (Å²) in [5.41, 5.74) is 36.2. The zero-order valence-corrected chi connectivity index (χ0v) is 57.3. The number of hydrogen-bond donors (Lipinski definition) is 0. The molecule has 0 N–H and O–H groups in total. The Bertz CT molecular complexity index is 5900. The maximum Gasteiger partial charge on any atom is 0.129 e. The minimum absolute atomic E-state index is 0.341. The van der Waals surface area contributed by atoms with Crippen molar-refractivity contribution in [2.24, 2.45) is 0 Å². The molecular weight excluding hydrogens is 1270 g/mol. The fourth-order valence-electron chi connectivity index (χ4n) is 18.0.